The number of hydrogen-bond donors (Lipinski definition) is 1. The molecule has 0 radical (unpaired) electrons. The molecule has 1 aliphatic rings. The first-order valence-corrected chi connectivity index (χ1v) is 8.35. The monoisotopic (exact) mass is 339 g/mol. The molecular weight excluding hydrogens is 318 g/mol. The molecule has 2 rings (SSSR count). The van der Waals surface area contributed by atoms with Gasteiger partial charge in [0.05, 0.1) is 5.92 Å². The molecule has 1 amide bonds. The normalized spacial score (nSPS) is 18.1. The molecular formula is C16H22BrNO2. The van der Waals surface area contributed by atoms with Crippen molar-refractivity contribution in [3.05, 3.63) is 29.8 Å². The van der Waals surface area contributed by atoms with Crippen molar-refractivity contribution in [1.29, 1.82) is 0 Å². The second-order valence-electron chi connectivity index (χ2n) is 5.43. The fourth-order valence-electron chi connectivity index (χ4n) is 2.51. The molecule has 1 atom stereocenters. The summed E-state index contributed by atoms with van der Waals surface area (Å²) in [4.78, 5) is 12.5. The Morgan fingerprint density at radius 2 is 2.10 bits per heavy atom. The van der Waals surface area contributed by atoms with Gasteiger partial charge in [-0.2, -0.15) is 0 Å². The standard InChI is InChI=1S/C16H22BrNO2/c1-3-16(4-2,11-17)18-15(19)13-9-12-7-5-6-8-14(12)20-10-13/h5-8,13H,3-4,9-11H2,1-2H3,(H,18,19). The van der Waals surface area contributed by atoms with E-state index >= 15 is 0 Å². The number of carbonyl (C=O) groups excluding carboxylic acids is 1. The molecule has 0 fully saturated rings. The van der Waals surface area contributed by atoms with Crippen molar-refractivity contribution >= 4 is 21.8 Å². The lowest BCUT2D eigenvalue weighted by Crippen LogP contribution is -2.52. The molecule has 1 unspecified atom stereocenters. The molecule has 110 valence electrons. The maximum absolute atomic E-state index is 12.5. The van der Waals surface area contributed by atoms with Crippen LogP contribution in [0.2, 0.25) is 0 Å². The van der Waals surface area contributed by atoms with Crippen molar-refractivity contribution in [2.75, 3.05) is 11.9 Å². The fourth-order valence-corrected chi connectivity index (χ4v) is 3.44. The molecule has 1 N–H and O–H groups in total. The van der Waals surface area contributed by atoms with E-state index < -0.39 is 0 Å². The first-order valence-electron chi connectivity index (χ1n) is 7.23. The van der Waals surface area contributed by atoms with E-state index in [-0.39, 0.29) is 17.4 Å². The molecule has 0 saturated carbocycles. The van der Waals surface area contributed by atoms with Crippen molar-refractivity contribution in [3.63, 3.8) is 0 Å². The number of hydrogen-bond acceptors (Lipinski definition) is 2. The summed E-state index contributed by atoms with van der Waals surface area (Å²) in [6.45, 7) is 4.68. The van der Waals surface area contributed by atoms with Crippen molar-refractivity contribution < 1.29 is 9.53 Å². The molecule has 0 aromatic heterocycles. The van der Waals surface area contributed by atoms with Gasteiger partial charge in [0, 0.05) is 10.9 Å². The molecule has 1 aromatic rings. The van der Waals surface area contributed by atoms with Gasteiger partial charge >= 0.3 is 0 Å². The summed E-state index contributed by atoms with van der Waals surface area (Å²) >= 11 is 3.53. The zero-order valence-corrected chi connectivity index (χ0v) is 13.7. The summed E-state index contributed by atoms with van der Waals surface area (Å²) in [5.74, 6) is 0.915. The Bertz CT molecular complexity index is 463. The van der Waals surface area contributed by atoms with Crippen LogP contribution in [0, 0.1) is 5.92 Å². The van der Waals surface area contributed by atoms with Crippen molar-refractivity contribution in [2.45, 2.75) is 38.6 Å². The van der Waals surface area contributed by atoms with Crippen LogP contribution in [-0.2, 0) is 11.2 Å². The second kappa shape index (κ2) is 6.61. The molecule has 1 heterocycles. The molecule has 1 aromatic carbocycles. The number of carbonyl (C=O) groups is 1. The lowest BCUT2D eigenvalue weighted by atomic mass is 9.91. The highest BCUT2D eigenvalue weighted by Crippen LogP contribution is 2.28. The van der Waals surface area contributed by atoms with Crippen molar-refractivity contribution in [2.24, 2.45) is 5.92 Å². The summed E-state index contributed by atoms with van der Waals surface area (Å²) in [6.07, 6.45) is 2.60. The topological polar surface area (TPSA) is 38.3 Å². The smallest absolute Gasteiger partial charge is 0.227 e. The summed E-state index contributed by atoms with van der Waals surface area (Å²) in [6, 6.07) is 7.95. The van der Waals surface area contributed by atoms with E-state index in [0.717, 1.165) is 35.9 Å². The van der Waals surface area contributed by atoms with Crippen LogP contribution in [0.15, 0.2) is 24.3 Å². The first kappa shape index (κ1) is 15.4. The molecule has 3 nitrogen and oxygen atoms in total. The molecule has 1 aliphatic heterocycles. The van der Waals surface area contributed by atoms with E-state index in [9.17, 15) is 4.79 Å². The highest BCUT2D eigenvalue weighted by Gasteiger charge is 2.32. The Kier molecular flexibility index (Phi) is 5.08. The zero-order valence-electron chi connectivity index (χ0n) is 12.1. The van der Waals surface area contributed by atoms with E-state index in [0.29, 0.717) is 6.61 Å². The maximum Gasteiger partial charge on any atom is 0.227 e. The minimum Gasteiger partial charge on any atom is -0.492 e. The number of para-hydroxylation sites is 1. The summed E-state index contributed by atoms with van der Waals surface area (Å²) in [5.41, 5.74) is 0.977. The van der Waals surface area contributed by atoms with Gasteiger partial charge in [-0.3, -0.25) is 4.79 Å². The number of benzene rings is 1. The predicted octanol–water partition coefficient (Wildman–Crippen LogP) is 3.31. The van der Waals surface area contributed by atoms with E-state index in [2.05, 4.69) is 35.1 Å². The number of nitrogens with one attached hydrogen (secondary N) is 1. The number of alkyl halides is 1. The lowest BCUT2D eigenvalue weighted by Gasteiger charge is -2.34. The lowest BCUT2D eigenvalue weighted by molar-refractivity contribution is -0.128. The van der Waals surface area contributed by atoms with Gasteiger partial charge < -0.3 is 10.1 Å². The third-order valence-electron chi connectivity index (χ3n) is 4.25. The quantitative estimate of drug-likeness (QED) is 0.835. The summed E-state index contributed by atoms with van der Waals surface area (Å²) in [5, 5.41) is 3.99. The van der Waals surface area contributed by atoms with E-state index in [1.807, 2.05) is 24.3 Å². The number of rotatable bonds is 5. The van der Waals surface area contributed by atoms with Gasteiger partial charge in [0.15, 0.2) is 0 Å². The van der Waals surface area contributed by atoms with E-state index in [4.69, 9.17) is 4.74 Å². The van der Waals surface area contributed by atoms with Crippen LogP contribution in [0.5, 0.6) is 5.75 Å². The van der Waals surface area contributed by atoms with E-state index in [1.165, 1.54) is 0 Å². The Morgan fingerprint density at radius 3 is 2.75 bits per heavy atom. The number of ether oxygens (including phenoxy) is 1. The molecule has 0 bridgehead atoms. The third kappa shape index (κ3) is 3.17. The Morgan fingerprint density at radius 1 is 1.40 bits per heavy atom. The minimum atomic E-state index is -0.145. The second-order valence-corrected chi connectivity index (χ2v) is 5.99. The van der Waals surface area contributed by atoms with Crippen LogP contribution in [0.1, 0.15) is 32.3 Å². The van der Waals surface area contributed by atoms with Gasteiger partial charge in [-0.25, -0.2) is 0 Å². The van der Waals surface area contributed by atoms with Gasteiger partial charge in [-0.05, 0) is 30.9 Å². The largest absolute Gasteiger partial charge is 0.492 e. The number of fused-ring (bicyclic) bond motifs is 1. The molecule has 4 heteroatoms. The predicted molar refractivity (Wildman–Crippen MR) is 84.4 cm³/mol. The van der Waals surface area contributed by atoms with Gasteiger partial charge in [-0.15, -0.1) is 0 Å². The van der Waals surface area contributed by atoms with E-state index in [1.54, 1.807) is 0 Å². The fraction of sp³-hybridized carbons (Fsp3) is 0.562. The van der Waals surface area contributed by atoms with Crippen molar-refractivity contribution in [1.82, 2.24) is 5.32 Å². The van der Waals surface area contributed by atoms with Crippen LogP contribution in [0.3, 0.4) is 0 Å². The zero-order chi connectivity index (χ0) is 14.6. The Balaban J connectivity index is 2.05. The summed E-state index contributed by atoms with van der Waals surface area (Å²) < 4.78 is 5.70. The average molecular weight is 340 g/mol. The van der Waals surface area contributed by atoms with Gasteiger partial charge in [0.1, 0.15) is 12.4 Å². The van der Waals surface area contributed by atoms with Crippen molar-refractivity contribution in [3.8, 4) is 5.75 Å². The maximum atomic E-state index is 12.5. The first-order chi connectivity index (χ1) is 9.64. The van der Waals surface area contributed by atoms with Crippen LogP contribution in [-0.4, -0.2) is 23.4 Å². The van der Waals surface area contributed by atoms with Crippen LogP contribution in [0.4, 0.5) is 0 Å². The minimum absolute atomic E-state index is 0.0959. The molecule has 0 aliphatic carbocycles. The number of halogens is 1. The third-order valence-corrected chi connectivity index (χ3v) is 5.32. The SMILES string of the molecule is CCC(CC)(CBr)NC(=O)C1COc2ccccc2C1. The average Bonchev–Trinajstić information content (AvgIpc) is 2.52. The molecule has 0 spiro atoms. The highest BCUT2D eigenvalue weighted by molar-refractivity contribution is 9.09. The van der Waals surface area contributed by atoms with Crippen LogP contribution in [0.25, 0.3) is 0 Å². The summed E-state index contributed by atoms with van der Waals surface area (Å²) in [7, 11) is 0. The van der Waals surface area contributed by atoms with Gasteiger partial charge in [0.2, 0.25) is 5.91 Å². The Labute approximate surface area is 129 Å². The highest BCUT2D eigenvalue weighted by atomic mass is 79.9. The van der Waals surface area contributed by atoms with Gasteiger partial charge in [-0.1, -0.05) is 48.0 Å². The van der Waals surface area contributed by atoms with Gasteiger partial charge in [0.25, 0.3) is 0 Å². The van der Waals surface area contributed by atoms with Crippen LogP contribution >= 0.6 is 15.9 Å². The molecule has 0 saturated heterocycles. The number of amides is 1. The van der Waals surface area contributed by atoms with Crippen LogP contribution < -0.4 is 10.1 Å². The molecule has 20 heavy (non-hydrogen) atoms. The Hall–Kier alpha value is -1.03.